The maximum atomic E-state index is 15.4. The summed E-state index contributed by atoms with van der Waals surface area (Å²) in [6, 6.07) is 6.66. The van der Waals surface area contributed by atoms with Crippen LogP contribution in [0.1, 0.15) is 31.8 Å². The van der Waals surface area contributed by atoms with Crippen LogP contribution in [0.3, 0.4) is 0 Å². The SMILES string of the molecule is N#CCN(C(=O)c1ccc(F)cc1)c1cccc(C(=O)Nc2ccc(C(F)(C(F)(F)F)C(F)(F)F)cc2C(F)(F)F)c1F. The standard InChI is InChI=1S/C26H13F12N3O2/c27-15-7-4-13(5-8-15)22(43)41(11-10-39)19-3-1-2-16(20(19)28)21(42)40-18-9-6-14(12-17(18)24(30,31)32)23(29,25(33,34)35)26(36,37)38/h1-9,12H,11H2,(H,40,42). The van der Waals surface area contributed by atoms with Crippen molar-refractivity contribution in [1.29, 1.82) is 5.26 Å². The van der Waals surface area contributed by atoms with E-state index >= 15 is 4.39 Å². The highest BCUT2D eigenvalue weighted by Gasteiger charge is 2.73. The zero-order valence-electron chi connectivity index (χ0n) is 20.7. The molecule has 1 N–H and O–H groups in total. The van der Waals surface area contributed by atoms with Crippen molar-refractivity contribution in [2.24, 2.45) is 0 Å². The Labute approximate surface area is 232 Å². The van der Waals surface area contributed by atoms with Crippen LogP contribution in [0.2, 0.25) is 0 Å². The molecule has 0 saturated carbocycles. The molecule has 0 spiro atoms. The maximum Gasteiger partial charge on any atom is 0.435 e. The molecule has 0 saturated heterocycles. The third-order valence-corrected chi connectivity index (χ3v) is 5.83. The largest absolute Gasteiger partial charge is 0.435 e. The minimum absolute atomic E-state index is 0.0797. The first kappa shape index (κ1) is 32.8. The fraction of sp³-hybridized carbons (Fsp3) is 0.192. The van der Waals surface area contributed by atoms with Gasteiger partial charge in [-0.2, -0.15) is 44.8 Å². The van der Waals surface area contributed by atoms with Gasteiger partial charge >= 0.3 is 24.2 Å². The summed E-state index contributed by atoms with van der Waals surface area (Å²) >= 11 is 0. The summed E-state index contributed by atoms with van der Waals surface area (Å²) in [5.74, 6) is -5.10. The Morgan fingerprint density at radius 2 is 1.40 bits per heavy atom. The summed E-state index contributed by atoms with van der Waals surface area (Å²) in [5.41, 5.74) is -14.6. The number of benzene rings is 3. The second-order valence-corrected chi connectivity index (χ2v) is 8.56. The summed E-state index contributed by atoms with van der Waals surface area (Å²) < 4.78 is 162. The molecule has 228 valence electrons. The van der Waals surface area contributed by atoms with Crippen molar-refractivity contribution in [3.63, 3.8) is 0 Å². The predicted molar refractivity (Wildman–Crippen MR) is 124 cm³/mol. The Hall–Kier alpha value is -4.75. The summed E-state index contributed by atoms with van der Waals surface area (Å²) in [6.07, 6.45) is -19.2. The van der Waals surface area contributed by atoms with Crippen LogP contribution in [0.25, 0.3) is 0 Å². The molecule has 0 heterocycles. The molecule has 5 nitrogen and oxygen atoms in total. The first-order valence-corrected chi connectivity index (χ1v) is 11.3. The first-order chi connectivity index (χ1) is 19.7. The van der Waals surface area contributed by atoms with E-state index in [1.807, 2.05) is 0 Å². The van der Waals surface area contributed by atoms with Crippen LogP contribution < -0.4 is 10.2 Å². The van der Waals surface area contributed by atoms with E-state index in [4.69, 9.17) is 5.26 Å². The number of nitrogens with one attached hydrogen (secondary N) is 1. The fourth-order valence-electron chi connectivity index (χ4n) is 3.77. The number of nitrogens with zero attached hydrogens (tertiary/aromatic N) is 2. The number of halogens is 12. The van der Waals surface area contributed by atoms with E-state index < -0.39 is 88.3 Å². The van der Waals surface area contributed by atoms with Crippen molar-refractivity contribution in [3.05, 3.63) is 94.6 Å². The average molecular weight is 627 g/mol. The zero-order chi connectivity index (χ0) is 32.5. The van der Waals surface area contributed by atoms with E-state index in [0.29, 0.717) is 11.0 Å². The first-order valence-electron chi connectivity index (χ1n) is 11.3. The second kappa shape index (κ2) is 11.5. The van der Waals surface area contributed by atoms with Crippen molar-refractivity contribution in [2.45, 2.75) is 24.2 Å². The highest BCUT2D eigenvalue weighted by Crippen LogP contribution is 2.54. The number of hydrogen-bond donors (Lipinski definition) is 1. The lowest BCUT2D eigenvalue weighted by Gasteiger charge is -2.31. The molecule has 17 heteroatoms. The molecular formula is C26H13F12N3O2. The molecule has 2 amide bonds. The molecule has 3 rings (SSSR count). The van der Waals surface area contributed by atoms with Crippen LogP contribution in [-0.4, -0.2) is 30.7 Å². The molecule has 0 bridgehead atoms. The van der Waals surface area contributed by atoms with Gasteiger partial charge in [-0.15, -0.1) is 0 Å². The summed E-state index contributed by atoms with van der Waals surface area (Å²) in [6.45, 7) is -0.832. The van der Waals surface area contributed by atoms with Crippen molar-refractivity contribution in [3.8, 4) is 6.07 Å². The predicted octanol–water partition coefficient (Wildman–Crippen LogP) is 7.70. The van der Waals surface area contributed by atoms with E-state index in [2.05, 4.69) is 0 Å². The van der Waals surface area contributed by atoms with E-state index in [-0.39, 0.29) is 17.7 Å². The topological polar surface area (TPSA) is 73.2 Å². The number of carbonyl (C=O) groups is 2. The molecule has 43 heavy (non-hydrogen) atoms. The monoisotopic (exact) mass is 627 g/mol. The molecule has 3 aromatic rings. The number of carbonyl (C=O) groups excluding carboxylic acids is 2. The lowest BCUT2D eigenvalue weighted by atomic mass is 9.92. The molecule has 0 aliphatic heterocycles. The van der Waals surface area contributed by atoms with Crippen LogP contribution in [0.5, 0.6) is 0 Å². The molecule has 3 aromatic carbocycles. The lowest BCUT2D eigenvalue weighted by Crippen LogP contribution is -2.50. The summed E-state index contributed by atoms with van der Waals surface area (Å²) in [7, 11) is 0. The minimum atomic E-state index is -6.73. The Balaban J connectivity index is 2.06. The Morgan fingerprint density at radius 3 is 1.91 bits per heavy atom. The van der Waals surface area contributed by atoms with Gasteiger partial charge in [0.2, 0.25) is 0 Å². The molecule has 0 aliphatic carbocycles. The van der Waals surface area contributed by atoms with E-state index in [9.17, 15) is 57.9 Å². The van der Waals surface area contributed by atoms with Crippen molar-refractivity contribution in [2.75, 3.05) is 16.8 Å². The van der Waals surface area contributed by atoms with Crippen LogP contribution in [0.15, 0.2) is 60.7 Å². The Kier molecular flexibility index (Phi) is 8.76. The quantitative estimate of drug-likeness (QED) is 0.225. The molecule has 0 atom stereocenters. The van der Waals surface area contributed by atoms with Gasteiger partial charge in [0.05, 0.1) is 28.6 Å². The number of rotatable bonds is 6. The number of anilines is 2. The summed E-state index contributed by atoms with van der Waals surface area (Å²) in [5, 5.41) is 10.6. The highest BCUT2D eigenvalue weighted by atomic mass is 19.4. The number of nitriles is 1. The van der Waals surface area contributed by atoms with Gasteiger partial charge in [0.15, 0.2) is 5.82 Å². The molecule has 0 fully saturated rings. The van der Waals surface area contributed by atoms with Gasteiger partial charge in [0.25, 0.3) is 11.8 Å². The summed E-state index contributed by atoms with van der Waals surface area (Å²) in [4.78, 5) is 26.1. The molecular weight excluding hydrogens is 614 g/mol. The van der Waals surface area contributed by atoms with Gasteiger partial charge in [0.1, 0.15) is 12.4 Å². The normalized spacial score (nSPS) is 12.4. The van der Waals surface area contributed by atoms with Crippen LogP contribution in [0, 0.1) is 23.0 Å². The zero-order valence-corrected chi connectivity index (χ0v) is 20.7. The fourth-order valence-corrected chi connectivity index (χ4v) is 3.77. The van der Waals surface area contributed by atoms with Gasteiger partial charge in [0, 0.05) is 11.1 Å². The van der Waals surface area contributed by atoms with Crippen LogP contribution in [-0.2, 0) is 11.8 Å². The van der Waals surface area contributed by atoms with Gasteiger partial charge in [-0.1, -0.05) is 12.1 Å². The average Bonchev–Trinajstić information content (AvgIpc) is 2.90. The van der Waals surface area contributed by atoms with Gasteiger partial charge in [-0.05, 0) is 48.5 Å². The third-order valence-electron chi connectivity index (χ3n) is 5.83. The van der Waals surface area contributed by atoms with Crippen molar-refractivity contribution < 1.29 is 62.3 Å². The van der Waals surface area contributed by atoms with E-state index in [1.165, 1.54) is 5.32 Å². The number of amides is 2. The molecule has 0 radical (unpaired) electrons. The van der Waals surface area contributed by atoms with Gasteiger partial charge < -0.3 is 5.32 Å². The van der Waals surface area contributed by atoms with Crippen molar-refractivity contribution in [1.82, 2.24) is 0 Å². The molecule has 0 unspecified atom stereocenters. The highest BCUT2D eigenvalue weighted by molar-refractivity contribution is 6.09. The minimum Gasteiger partial charge on any atom is -0.321 e. The smallest absolute Gasteiger partial charge is 0.321 e. The van der Waals surface area contributed by atoms with E-state index in [0.717, 1.165) is 36.4 Å². The van der Waals surface area contributed by atoms with Crippen LogP contribution in [0.4, 0.5) is 64.1 Å². The Morgan fingerprint density at radius 1 is 0.814 bits per heavy atom. The van der Waals surface area contributed by atoms with Crippen LogP contribution >= 0.6 is 0 Å². The maximum absolute atomic E-state index is 15.4. The van der Waals surface area contributed by atoms with Gasteiger partial charge in [-0.3, -0.25) is 14.5 Å². The second-order valence-electron chi connectivity index (χ2n) is 8.56. The molecule has 0 aliphatic rings. The number of hydrogen-bond acceptors (Lipinski definition) is 3. The number of alkyl halides is 10. The van der Waals surface area contributed by atoms with Gasteiger partial charge in [-0.25, -0.2) is 13.2 Å². The molecule has 0 aromatic heterocycles. The third kappa shape index (κ3) is 6.37. The van der Waals surface area contributed by atoms with Crippen molar-refractivity contribution >= 4 is 23.2 Å². The Bertz CT molecular complexity index is 1560. The lowest BCUT2D eigenvalue weighted by molar-refractivity contribution is -0.348. The van der Waals surface area contributed by atoms with E-state index in [1.54, 1.807) is 6.07 Å².